The first kappa shape index (κ1) is 27.5. The van der Waals surface area contributed by atoms with Gasteiger partial charge >= 0.3 is 0 Å². The Kier molecular flexibility index (Phi) is 9.60. The van der Waals surface area contributed by atoms with Crippen LogP contribution in [0.25, 0.3) is 16.8 Å². The number of aromatic nitrogens is 4. The van der Waals surface area contributed by atoms with Crippen LogP contribution >= 0.6 is 23.2 Å². The molecule has 198 valence electrons. The van der Waals surface area contributed by atoms with Gasteiger partial charge in [0.05, 0.1) is 28.2 Å². The Balaban J connectivity index is 1.50. The van der Waals surface area contributed by atoms with Gasteiger partial charge in [0, 0.05) is 36.9 Å². The van der Waals surface area contributed by atoms with Gasteiger partial charge in [0.25, 0.3) is 0 Å². The molecule has 11 heteroatoms. The van der Waals surface area contributed by atoms with Gasteiger partial charge in [-0.15, -0.1) is 0 Å². The Bertz CT molecular complexity index is 1430. The normalized spacial score (nSPS) is 11.0. The van der Waals surface area contributed by atoms with Crippen molar-refractivity contribution in [3.63, 3.8) is 0 Å². The molecule has 0 amide bonds. The van der Waals surface area contributed by atoms with Crippen molar-refractivity contribution in [2.75, 3.05) is 42.7 Å². The third-order valence-electron chi connectivity index (χ3n) is 5.80. The number of fused-ring (bicyclic) bond motifs is 1. The Morgan fingerprint density at radius 3 is 2.66 bits per heavy atom. The molecule has 0 saturated heterocycles. The summed E-state index contributed by atoms with van der Waals surface area (Å²) in [6.07, 6.45) is 5.74. The average Bonchev–Trinajstić information content (AvgIpc) is 3.31. The van der Waals surface area contributed by atoms with E-state index in [0.717, 1.165) is 55.7 Å². The smallest absolute Gasteiger partial charge is 0.152 e. The molecule has 0 fully saturated rings. The summed E-state index contributed by atoms with van der Waals surface area (Å²) in [6.45, 7) is 4.78. The number of pyridine rings is 1. The number of unbranched alkanes of at least 4 members (excludes halogenated alkanes) is 1. The molecule has 0 unspecified atom stereocenters. The lowest BCUT2D eigenvalue weighted by Crippen LogP contribution is -2.16. The third-order valence-corrected chi connectivity index (χ3v) is 6.35. The second kappa shape index (κ2) is 13.3. The Hall–Kier alpha value is -3.58. The Labute approximate surface area is 231 Å². The maximum absolute atomic E-state index is 9.03. The van der Waals surface area contributed by atoms with E-state index in [2.05, 4.69) is 28.6 Å². The lowest BCUT2D eigenvalue weighted by Gasteiger charge is -2.12. The molecule has 0 bridgehead atoms. The van der Waals surface area contributed by atoms with Crippen molar-refractivity contribution in [3.8, 4) is 17.3 Å². The standard InChI is InChI=1S/C27H30Cl2N8O/c1-2-12-38-13-4-3-5-20-15-24-27(33-11-10-32-25-9-6-18(16-30)26(31)35-25)34-23(17-37(24)36-20)21-8-7-19(28)14-22(21)29/h6-9,14-15,17H,2-5,10-13H2,1H3,(H,33,34)(H3,31,32,35). The van der Waals surface area contributed by atoms with Gasteiger partial charge in [0.1, 0.15) is 23.2 Å². The molecule has 4 aromatic rings. The number of nitrogens with zero attached hydrogens (tertiary/aromatic N) is 5. The van der Waals surface area contributed by atoms with Gasteiger partial charge in [-0.2, -0.15) is 10.4 Å². The molecule has 4 rings (SSSR count). The maximum atomic E-state index is 9.03. The summed E-state index contributed by atoms with van der Waals surface area (Å²) in [6, 6.07) is 12.8. The number of ether oxygens (including phenoxy) is 1. The van der Waals surface area contributed by atoms with Gasteiger partial charge in [0.15, 0.2) is 5.82 Å². The molecule has 38 heavy (non-hydrogen) atoms. The summed E-state index contributed by atoms with van der Waals surface area (Å²) < 4.78 is 7.43. The molecule has 0 aliphatic rings. The van der Waals surface area contributed by atoms with Gasteiger partial charge in [-0.05, 0) is 62.1 Å². The molecule has 0 saturated carbocycles. The monoisotopic (exact) mass is 552 g/mol. The number of halogens is 2. The molecule has 3 heterocycles. The maximum Gasteiger partial charge on any atom is 0.152 e. The van der Waals surface area contributed by atoms with Gasteiger partial charge in [0.2, 0.25) is 0 Å². The highest BCUT2D eigenvalue weighted by molar-refractivity contribution is 6.36. The predicted octanol–water partition coefficient (Wildman–Crippen LogP) is 5.83. The van der Waals surface area contributed by atoms with Crippen molar-refractivity contribution in [1.29, 1.82) is 5.26 Å². The van der Waals surface area contributed by atoms with Crippen LogP contribution in [0.4, 0.5) is 17.5 Å². The highest BCUT2D eigenvalue weighted by Crippen LogP contribution is 2.31. The molecule has 0 radical (unpaired) electrons. The van der Waals surface area contributed by atoms with E-state index in [1.807, 2.05) is 22.8 Å². The van der Waals surface area contributed by atoms with Crippen LogP contribution in [0.5, 0.6) is 0 Å². The highest BCUT2D eigenvalue weighted by atomic mass is 35.5. The number of nitrogens with two attached hydrogens (primary N) is 1. The van der Waals surface area contributed by atoms with E-state index < -0.39 is 0 Å². The van der Waals surface area contributed by atoms with Crippen LogP contribution in [0.1, 0.15) is 37.4 Å². The number of nitrogen functional groups attached to an aromatic ring is 1. The summed E-state index contributed by atoms with van der Waals surface area (Å²) in [5.74, 6) is 1.48. The highest BCUT2D eigenvalue weighted by Gasteiger charge is 2.14. The zero-order chi connectivity index (χ0) is 26.9. The molecule has 3 aromatic heterocycles. The van der Waals surface area contributed by atoms with Gasteiger partial charge in [-0.3, -0.25) is 0 Å². The largest absolute Gasteiger partial charge is 0.383 e. The minimum Gasteiger partial charge on any atom is -0.383 e. The van der Waals surface area contributed by atoms with Gasteiger partial charge in [-0.1, -0.05) is 30.1 Å². The third kappa shape index (κ3) is 7.04. The number of nitrogens with one attached hydrogen (secondary N) is 2. The fourth-order valence-corrected chi connectivity index (χ4v) is 4.42. The summed E-state index contributed by atoms with van der Waals surface area (Å²) >= 11 is 12.6. The Morgan fingerprint density at radius 1 is 1.05 bits per heavy atom. The Morgan fingerprint density at radius 2 is 1.89 bits per heavy atom. The quantitative estimate of drug-likeness (QED) is 0.177. The zero-order valence-corrected chi connectivity index (χ0v) is 22.7. The van der Waals surface area contributed by atoms with E-state index >= 15 is 0 Å². The van der Waals surface area contributed by atoms with E-state index in [9.17, 15) is 0 Å². The van der Waals surface area contributed by atoms with Crippen molar-refractivity contribution < 1.29 is 4.74 Å². The van der Waals surface area contributed by atoms with Crippen molar-refractivity contribution in [3.05, 3.63) is 63.9 Å². The second-order valence-corrected chi connectivity index (χ2v) is 9.57. The van der Waals surface area contributed by atoms with Gasteiger partial charge < -0.3 is 21.1 Å². The number of rotatable bonds is 13. The first-order chi connectivity index (χ1) is 18.5. The van der Waals surface area contributed by atoms with Crippen LogP contribution in [-0.4, -0.2) is 45.9 Å². The summed E-state index contributed by atoms with van der Waals surface area (Å²) in [5, 5.41) is 21.5. The van der Waals surface area contributed by atoms with Crippen LogP contribution < -0.4 is 16.4 Å². The average molecular weight is 553 g/mol. The summed E-state index contributed by atoms with van der Waals surface area (Å²) in [5.41, 5.74) is 9.47. The van der Waals surface area contributed by atoms with Gasteiger partial charge in [-0.25, -0.2) is 14.5 Å². The van der Waals surface area contributed by atoms with Crippen LogP contribution in [0.3, 0.4) is 0 Å². The molecule has 9 nitrogen and oxygen atoms in total. The first-order valence-corrected chi connectivity index (χ1v) is 13.3. The number of hydrogen-bond donors (Lipinski definition) is 3. The van der Waals surface area contributed by atoms with Crippen LogP contribution in [0.2, 0.25) is 10.0 Å². The fraction of sp³-hybridized carbons (Fsp3) is 0.333. The number of nitriles is 1. The number of benzene rings is 1. The van der Waals surface area contributed by atoms with E-state index in [1.54, 1.807) is 24.3 Å². The second-order valence-electron chi connectivity index (χ2n) is 8.73. The molecular weight excluding hydrogens is 523 g/mol. The van der Waals surface area contributed by atoms with E-state index in [-0.39, 0.29) is 5.82 Å². The zero-order valence-electron chi connectivity index (χ0n) is 21.2. The van der Waals surface area contributed by atoms with E-state index in [1.165, 1.54) is 0 Å². The molecule has 1 aromatic carbocycles. The first-order valence-electron chi connectivity index (χ1n) is 12.5. The number of aryl methyl sites for hydroxylation is 1. The molecule has 0 spiro atoms. The lowest BCUT2D eigenvalue weighted by atomic mass is 10.1. The molecule has 0 aliphatic carbocycles. The number of anilines is 3. The molecular formula is C27H30Cl2N8O. The van der Waals surface area contributed by atoms with Crippen LogP contribution in [0, 0.1) is 11.3 Å². The van der Waals surface area contributed by atoms with Crippen molar-refractivity contribution in [1.82, 2.24) is 19.6 Å². The SMILES string of the molecule is CCCOCCCCc1cc2c(NCCNc3ccc(C#N)c(N)n3)nc(-c3ccc(Cl)cc3Cl)cn2n1. The molecule has 0 atom stereocenters. The van der Waals surface area contributed by atoms with Crippen molar-refractivity contribution in [2.24, 2.45) is 0 Å². The fourth-order valence-electron chi connectivity index (χ4n) is 3.92. The van der Waals surface area contributed by atoms with E-state index in [0.29, 0.717) is 46.0 Å². The van der Waals surface area contributed by atoms with Crippen molar-refractivity contribution >= 4 is 46.2 Å². The number of hydrogen-bond acceptors (Lipinski definition) is 8. The molecule has 4 N–H and O–H groups in total. The minimum atomic E-state index is 0.199. The minimum absolute atomic E-state index is 0.199. The van der Waals surface area contributed by atoms with Crippen LogP contribution in [-0.2, 0) is 11.2 Å². The summed E-state index contributed by atoms with van der Waals surface area (Å²) in [7, 11) is 0. The topological polar surface area (TPSA) is 126 Å². The predicted molar refractivity (Wildman–Crippen MR) is 153 cm³/mol. The molecule has 0 aliphatic heterocycles. The van der Waals surface area contributed by atoms with Crippen LogP contribution in [0.15, 0.2) is 42.6 Å². The van der Waals surface area contributed by atoms with E-state index in [4.69, 9.17) is 49.0 Å². The van der Waals surface area contributed by atoms with Crippen molar-refractivity contribution in [2.45, 2.75) is 32.6 Å². The summed E-state index contributed by atoms with van der Waals surface area (Å²) in [4.78, 5) is 9.08. The lowest BCUT2D eigenvalue weighted by molar-refractivity contribution is 0.131.